The van der Waals surface area contributed by atoms with Crippen molar-refractivity contribution < 1.29 is 9.90 Å². The van der Waals surface area contributed by atoms with E-state index in [-0.39, 0.29) is 5.91 Å². The summed E-state index contributed by atoms with van der Waals surface area (Å²) in [5, 5.41) is 9.27. The van der Waals surface area contributed by atoms with Gasteiger partial charge in [-0.15, -0.1) is 0 Å². The van der Waals surface area contributed by atoms with Gasteiger partial charge in [0.1, 0.15) is 11.9 Å². The zero-order chi connectivity index (χ0) is 14.2. The third-order valence-electron chi connectivity index (χ3n) is 3.32. The topological polar surface area (TPSA) is 58.4 Å². The van der Waals surface area contributed by atoms with Gasteiger partial charge in [0, 0.05) is 20.6 Å². The molecular weight excluding hydrogens is 242 g/mol. The van der Waals surface area contributed by atoms with Crippen LogP contribution in [0.5, 0.6) is 0 Å². The quantitative estimate of drug-likeness (QED) is 0.903. The number of likely N-dealkylation sites (N-methyl/N-ethyl adjacent to an activating group) is 1. The molecule has 2 aromatic rings. The maximum Gasteiger partial charge on any atom is 0.251 e. The van der Waals surface area contributed by atoms with Crippen LogP contribution in [0, 0.1) is 6.92 Å². The smallest absolute Gasteiger partial charge is 0.251 e. The zero-order valence-corrected chi connectivity index (χ0v) is 11.7. The number of hydrogen-bond donors (Lipinski definition) is 1. The Bertz CT molecular complexity index is 616. The van der Waals surface area contributed by atoms with Crippen molar-refractivity contribution in [3.05, 3.63) is 29.6 Å². The first-order chi connectivity index (χ1) is 8.90. The highest BCUT2D eigenvalue weighted by atomic mass is 16.3. The predicted octanol–water partition coefficient (Wildman–Crippen LogP) is 1.22. The number of fused-ring (bicyclic) bond motifs is 1. The van der Waals surface area contributed by atoms with Crippen LogP contribution in [-0.4, -0.2) is 38.6 Å². The normalized spacial score (nSPS) is 12.7. The fourth-order valence-electron chi connectivity index (χ4n) is 2.13. The molecule has 0 aliphatic carbocycles. The van der Waals surface area contributed by atoms with Crippen molar-refractivity contribution in [2.24, 2.45) is 7.05 Å². The number of aromatic nitrogens is 2. The summed E-state index contributed by atoms with van der Waals surface area (Å²) < 4.78 is 2.03. The van der Waals surface area contributed by atoms with E-state index in [4.69, 9.17) is 0 Å². The van der Waals surface area contributed by atoms with Gasteiger partial charge in [-0.25, -0.2) is 4.98 Å². The molecule has 0 aliphatic rings. The number of rotatable bonds is 3. The Morgan fingerprint density at radius 2 is 2.21 bits per heavy atom. The largest absolute Gasteiger partial charge is 0.384 e. The summed E-state index contributed by atoms with van der Waals surface area (Å²) in [7, 11) is 3.66. The first kappa shape index (κ1) is 13.5. The first-order valence-corrected chi connectivity index (χ1v) is 6.25. The van der Waals surface area contributed by atoms with E-state index in [0.717, 1.165) is 22.4 Å². The lowest BCUT2D eigenvalue weighted by Crippen LogP contribution is -2.34. The van der Waals surface area contributed by atoms with E-state index in [1.165, 1.54) is 11.8 Å². The van der Waals surface area contributed by atoms with E-state index in [0.29, 0.717) is 6.54 Å². The minimum absolute atomic E-state index is 0.280. The molecule has 5 heteroatoms. The maximum absolute atomic E-state index is 11.6. The van der Waals surface area contributed by atoms with Crippen LogP contribution in [-0.2, 0) is 18.4 Å². The van der Waals surface area contributed by atoms with Gasteiger partial charge in [0.25, 0.3) is 5.91 Å². The molecule has 1 aromatic heterocycles. The molecule has 0 saturated carbocycles. The van der Waals surface area contributed by atoms with Crippen molar-refractivity contribution in [3.63, 3.8) is 0 Å². The van der Waals surface area contributed by atoms with Gasteiger partial charge in [0.05, 0.1) is 11.0 Å². The van der Waals surface area contributed by atoms with E-state index < -0.39 is 6.10 Å². The molecule has 2 rings (SSSR count). The Labute approximate surface area is 112 Å². The van der Waals surface area contributed by atoms with Crippen LogP contribution in [0.3, 0.4) is 0 Å². The molecule has 1 aromatic carbocycles. The van der Waals surface area contributed by atoms with E-state index in [2.05, 4.69) is 4.98 Å². The zero-order valence-electron chi connectivity index (χ0n) is 11.7. The molecule has 1 atom stereocenters. The molecule has 0 fully saturated rings. The van der Waals surface area contributed by atoms with Gasteiger partial charge in [-0.2, -0.15) is 0 Å². The van der Waals surface area contributed by atoms with Crippen molar-refractivity contribution in [3.8, 4) is 0 Å². The van der Waals surface area contributed by atoms with Crippen molar-refractivity contribution in [2.45, 2.75) is 26.5 Å². The number of aliphatic hydroxyl groups is 1. The molecule has 0 aliphatic heterocycles. The van der Waals surface area contributed by atoms with E-state index in [1.54, 1.807) is 7.05 Å². The second-order valence-corrected chi connectivity index (χ2v) is 4.91. The van der Waals surface area contributed by atoms with E-state index in [9.17, 15) is 9.90 Å². The summed E-state index contributed by atoms with van der Waals surface area (Å²) >= 11 is 0. The van der Waals surface area contributed by atoms with Gasteiger partial charge in [0.2, 0.25) is 0 Å². The molecule has 102 valence electrons. The van der Waals surface area contributed by atoms with Crippen LogP contribution in [0.1, 0.15) is 18.3 Å². The number of hydrogen-bond acceptors (Lipinski definition) is 3. The number of benzene rings is 1. The van der Waals surface area contributed by atoms with Crippen LogP contribution < -0.4 is 0 Å². The van der Waals surface area contributed by atoms with Crippen LogP contribution in [0.25, 0.3) is 11.0 Å². The molecule has 0 bridgehead atoms. The minimum atomic E-state index is -0.967. The number of carbonyl (C=O) groups excluding carboxylic acids is 1. The number of carbonyl (C=O) groups is 1. The summed E-state index contributed by atoms with van der Waals surface area (Å²) in [6.45, 7) is 3.90. The van der Waals surface area contributed by atoms with Crippen LogP contribution in [0.4, 0.5) is 0 Å². The van der Waals surface area contributed by atoms with Gasteiger partial charge < -0.3 is 14.6 Å². The average Bonchev–Trinajstić information content (AvgIpc) is 2.63. The van der Waals surface area contributed by atoms with Crippen LogP contribution in [0.15, 0.2) is 18.2 Å². The van der Waals surface area contributed by atoms with Gasteiger partial charge >= 0.3 is 0 Å². The SMILES string of the molecule is Cc1nc2cc(CN(C)C(=O)C(C)O)ccc2n1C. The molecule has 19 heavy (non-hydrogen) atoms. The Balaban J connectivity index is 2.25. The number of nitrogens with zero attached hydrogens (tertiary/aromatic N) is 3. The van der Waals surface area contributed by atoms with Crippen molar-refractivity contribution in [2.75, 3.05) is 7.05 Å². The summed E-state index contributed by atoms with van der Waals surface area (Å²) in [5.74, 6) is 0.679. The lowest BCUT2D eigenvalue weighted by atomic mass is 10.2. The van der Waals surface area contributed by atoms with Gasteiger partial charge in [-0.05, 0) is 31.5 Å². The second-order valence-electron chi connectivity index (χ2n) is 4.91. The highest BCUT2D eigenvalue weighted by molar-refractivity contribution is 5.80. The molecule has 1 unspecified atom stereocenters. The summed E-state index contributed by atoms with van der Waals surface area (Å²) in [6.07, 6.45) is -0.967. The van der Waals surface area contributed by atoms with E-state index >= 15 is 0 Å². The lowest BCUT2D eigenvalue weighted by molar-refractivity contribution is -0.138. The standard InChI is InChI=1S/C14H19N3O2/c1-9(18)14(19)16(3)8-11-5-6-13-12(7-11)15-10(2)17(13)4/h5-7,9,18H,8H2,1-4H3. The van der Waals surface area contributed by atoms with Gasteiger partial charge in [-0.1, -0.05) is 6.07 Å². The maximum atomic E-state index is 11.6. The second kappa shape index (κ2) is 5.01. The number of amides is 1. The molecule has 0 saturated heterocycles. The molecule has 0 spiro atoms. The Kier molecular flexibility index (Phi) is 3.57. The first-order valence-electron chi connectivity index (χ1n) is 6.25. The number of aliphatic hydroxyl groups excluding tert-OH is 1. The van der Waals surface area contributed by atoms with Gasteiger partial charge in [-0.3, -0.25) is 4.79 Å². The summed E-state index contributed by atoms with van der Waals surface area (Å²) in [4.78, 5) is 17.6. The fourth-order valence-corrected chi connectivity index (χ4v) is 2.13. The summed E-state index contributed by atoms with van der Waals surface area (Å²) in [5.41, 5.74) is 3.00. The highest BCUT2D eigenvalue weighted by Crippen LogP contribution is 2.17. The molecule has 1 heterocycles. The molecule has 1 N–H and O–H groups in total. The van der Waals surface area contributed by atoms with Crippen molar-refractivity contribution in [1.82, 2.24) is 14.5 Å². The molecule has 5 nitrogen and oxygen atoms in total. The monoisotopic (exact) mass is 261 g/mol. The highest BCUT2D eigenvalue weighted by Gasteiger charge is 2.15. The fraction of sp³-hybridized carbons (Fsp3) is 0.429. The Morgan fingerprint density at radius 1 is 1.53 bits per heavy atom. The third kappa shape index (κ3) is 2.61. The molecule has 1 amide bonds. The predicted molar refractivity (Wildman–Crippen MR) is 73.6 cm³/mol. The molecular formula is C14H19N3O2. The third-order valence-corrected chi connectivity index (χ3v) is 3.32. The number of aryl methyl sites for hydroxylation is 2. The van der Waals surface area contributed by atoms with Crippen LogP contribution >= 0.6 is 0 Å². The number of imidazole rings is 1. The lowest BCUT2D eigenvalue weighted by Gasteiger charge is -2.18. The van der Waals surface area contributed by atoms with Crippen molar-refractivity contribution >= 4 is 16.9 Å². The minimum Gasteiger partial charge on any atom is -0.384 e. The Hall–Kier alpha value is -1.88. The summed E-state index contributed by atoms with van der Waals surface area (Å²) in [6, 6.07) is 5.97. The van der Waals surface area contributed by atoms with Crippen molar-refractivity contribution in [1.29, 1.82) is 0 Å². The molecule has 0 radical (unpaired) electrons. The Morgan fingerprint density at radius 3 is 2.84 bits per heavy atom. The van der Waals surface area contributed by atoms with E-state index in [1.807, 2.05) is 36.7 Å². The average molecular weight is 261 g/mol. The van der Waals surface area contributed by atoms with Gasteiger partial charge in [0.15, 0.2) is 0 Å². The van der Waals surface area contributed by atoms with Crippen LogP contribution in [0.2, 0.25) is 0 Å².